The first kappa shape index (κ1) is 16.1. The average Bonchev–Trinajstić information content (AvgIpc) is 3.09. The van der Waals surface area contributed by atoms with E-state index in [9.17, 15) is 4.79 Å². The van der Waals surface area contributed by atoms with Crippen LogP contribution in [0.1, 0.15) is 24.0 Å². The first-order chi connectivity index (χ1) is 11.1. The Morgan fingerprint density at radius 3 is 2.74 bits per heavy atom. The van der Waals surface area contributed by atoms with Crippen LogP contribution in [0.15, 0.2) is 18.2 Å². The summed E-state index contributed by atoms with van der Waals surface area (Å²) in [5.41, 5.74) is 3.95. The van der Waals surface area contributed by atoms with Gasteiger partial charge in [-0.3, -0.25) is 0 Å². The van der Waals surface area contributed by atoms with Gasteiger partial charge in [0.25, 0.3) is 0 Å². The Hall–Kier alpha value is -1.75. The maximum Gasteiger partial charge on any atom is 0.317 e. The van der Waals surface area contributed by atoms with Gasteiger partial charge in [-0.25, -0.2) is 4.79 Å². The molecule has 0 aliphatic carbocycles. The maximum atomic E-state index is 12.3. The fraction of sp³-hybridized carbons (Fsp3) is 0.611. The number of hydrogen-bond acceptors (Lipinski definition) is 3. The van der Waals surface area contributed by atoms with Gasteiger partial charge < -0.3 is 19.9 Å². The van der Waals surface area contributed by atoms with Gasteiger partial charge in [-0.15, -0.1) is 0 Å². The summed E-state index contributed by atoms with van der Waals surface area (Å²) in [5.74, 6) is 0. The molecule has 2 aliphatic rings. The SMILES string of the molecule is Cc1cccc(N2CCN(C(=O)NCC3CCCO3)CC2)c1C. The number of piperazine rings is 1. The minimum atomic E-state index is 0.0427. The van der Waals surface area contributed by atoms with Crippen LogP contribution >= 0.6 is 0 Å². The Labute approximate surface area is 138 Å². The molecule has 2 saturated heterocycles. The minimum Gasteiger partial charge on any atom is -0.376 e. The monoisotopic (exact) mass is 317 g/mol. The number of rotatable bonds is 3. The fourth-order valence-electron chi connectivity index (χ4n) is 3.35. The largest absolute Gasteiger partial charge is 0.376 e. The molecule has 0 spiro atoms. The third kappa shape index (κ3) is 3.78. The molecule has 1 unspecified atom stereocenters. The quantitative estimate of drug-likeness (QED) is 0.930. The predicted octanol–water partition coefficient (Wildman–Crippen LogP) is 2.31. The second-order valence-corrected chi connectivity index (χ2v) is 6.51. The first-order valence-corrected chi connectivity index (χ1v) is 8.60. The van der Waals surface area contributed by atoms with Crippen molar-refractivity contribution in [2.75, 3.05) is 44.2 Å². The lowest BCUT2D eigenvalue weighted by atomic mass is 10.1. The number of carbonyl (C=O) groups excluding carboxylic acids is 1. The minimum absolute atomic E-state index is 0.0427. The van der Waals surface area contributed by atoms with E-state index in [1.165, 1.54) is 16.8 Å². The van der Waals surface area contributed by atoms with Gasteiger partial charge in [-0.1, -0.05) is 12.1 Å². The second kappa shape index (κ2) is 7.21. The lowest BCUT2D eigenvalue weighted by Crippen LogP contribution is -2.52. The van der Waals surface area contributed by atoms with Crippen LogP contribution in [0.4, 0.5) is 10.5 Å². The van der Waals surface area contributed by atoms with E-state index < -0.39 is 0 Å². The van der Waals surface area contributed by atoms with E-state index in [0.717, 1.165) is 45.6 Å². The lowest BCUT2D eigenvalue weighted by molar-refractivity contribution is 0.108. The Kier molecular flexibility index (Phi) is 5.06. The fourth-order valence-corrected chi connectivity index (χ4v) is 3.35. The van der Waals surface area contributed by atoms with Gasteiger partial charge in [0.1, 0.15) is 0 Å². The highest BCUT2D eigenvalue weighted by Gasteiger charge is 2.23. The predicted molar refractivity (Wildman–Crippen MR) is 92.1 cm³/mol. The molecule has 1 N–H and O–H groups in total. The lowest BCUT2D eigenvalue weighted by Gasteiger charge is -2.37. The summed E-state index contributed by atoms with van der Waals surface area (Å²) in [6.07, 6.45) is 2.37. The number of amides is 2. The van der Waals surface area contributed by atoms with Crippen LogP contribution in [0.25, 0.3) is 0 Å². The number of nitrogens with one attached hydrogen (secondary N) is 1. The van der Waals surface area contributed by atoms with Crippen molar-refractivity contribution in [3.63, 3.8) is 0 Å². The summed E-state index contributed by atoms with van der Waals surface area (Å²) in [5, 5.41) is 3.01. The molecule has 2 heterocycles. The van der Waals surface area contributed by atoms with Gasteiger partial charge >= 0.3 is 6.03 Å². The van der Waals surface area contributed by atoms with Crippen LogP contribution in [0.2, 0.25) is 0 Å². The van der Waals surface area contributed by atoms with Gasteiger partial charge in [-0.05, 0) is 43.9 Å². The van der Waals surface area contributed by atoms with E-state index in [1.807, 2.05) is 4.90 Å². The zero-order valence-electron chi connectivity index (χ0n) is 14.2. The standard InChI is InChI=1S/C18H27N3O2/c1-14-5-3-7-17(15(14)2)20-8-10-21(11-9-20)18(22)19-13-16-6-4-12-23-16/h3,5,7,16H,4,6,8-13H2,1-2H3,(H,19,22). The molecule has 5 heteroatoms. The van der Waals surface area contributed by atoms with Crippen LogP contribution in [0.3, 0.4) is 0 Å². The van der Waals surface area contributed by atoms with Gasteiger partial charge in [0.2, 0.25) is 0 Å². The average molecular weight is 317 g/mol. The van der Waals surface area contributed by atoms with Crippen molar-refractivity contribution in [2.24, 2.45) is 0 Å². The summed E-state index contributed by atoms with van der Waals surface area (Å²) < 4.78 is 5.55. The molecule has 2 aliphatic heterocycles. The number of benzene rings is 1. The Bertz CT molecular complexity index is 547. The Balaban J connectivity index is 1.49. The molecule has 0 radical (unpaired) electrons. The van der Waals surface area contributed by atoms with E-state index in [1.54, 1.807) is 0 Å². The molecular formula is C18H27N3O2. The van der Waals surface area contributed by atoms with Crippen molar-refractivity contribution in [2.45, 2.75) is 32.8 Å². The van der Waals surface area contributed by atoms with Crippen molar-refractivity contribution in [3.8, 4) is 0 Å². The van der Waals surface area contributed by atoms with Crippen molar-refractivity contribution in [1.82, 2.24) is 10.2 Å². The van der Waals surface area contributed by atoms with E-state index in [2.05, 4.69) is 42.3 Å². The molecule has 1 aromatic rings. The maximum absolute atomic E-state index is 12.3. The number of carbonyl (C=O) groups is 1. The number of nitrogens with zero attached hydrogens (tertiary/aromatic N) is 2. The first-order valence-electron chi connectivity index (χ1n) is 8.60. The molecule has 126 valence electrons. The van der Waals surface area contributed by atoms with E-state index in [0.29, 0.717) is 6.54 Å². The number of ether oxygens (including phenoxy) is 1. The van der Waals surface area contributed by atoms with Crippen LogP contribution in [-0.2, 0) is 4.74 Å². The Morgan fingerprint density at radius 1 is 1.26 bits per heavy atom. The van der Waals surface area contributed by atoms with Crippen LogP contribution in [0, 0.1) is 13.8 Å². The topological polar surface area (TPSA) is 44.8 Å². The molecule has 2 amide bonds. The third-order valence-corrected chi connectivity index (χ3v) is 4.99. The summed E-state index contributed by atoms with van der Waals surface area (Å²) >= 11 is 0. The highest BCUT2D eigenvalue weighted by atomic mass is 16.5. The van der Waals surface area contributed by atoms with Crippen LogP contribution in [-0.4, -0.2) is 56.4 Å². The third-order valence-electron chi connectivity index (χ3n) is 4.99. The molecule has 0 bridgehead atoms. The van der Waals surface area contributed by atoms with Crippen LogP contribution < -0.4 is 10.2 Å². The molecule has 0 saturated carbocycles. The zero-order chi connectivity index (χ0) is 16.2. The molecule has 23 heavy (non-hydrogen) atoms. The van der Waals surface area contributed by atoms with E-state index in [-0.39, 0.29) is 12.1 Å². The number of anilines is 1. The summed E-state index contributed by atoms with van der Waals surface area (Å²) in [4.78, 5) is 16.6. The van der Waals surface area contributed by atoms with Crippen molar-refractivity contribution < 1.29 is 9.53 Å². The smallest absolute Gasteiger partial charge is 0.317 e. The molecule has 3 rings (SSSR count). The van der Waals surface area contributed by atoms with Gasteiger partial charge in [0, 0.05) is 45.0 Å². The van der Waals surface area contributed by atoms with Crippen molar-refractivity contribution in [1.29, 1.82) is 0 Å². The van der Waals surface area contributed by atoms with E-state index >= 15 is 0 Å². The highest BCUT2D eigenvalue weighted by molar-refractivity contribution is 5.74. The number of aryl methyl sites for hydroxylation is 1. The summed E-state index contributed by atoms with van der Waals surface area (Å²) in [7, 11) is 0. The molecule has 1 atom stereocenters. The summed E-state index contributed by atoms with van der Waals surface area (Å²) in [6.45, 7) is 9.09. The highest BCUT2D eigenvalue weighted by Crippen LogP contribution is 2.23. The molecule has 2 fully saturated rings. The van der Waals surface area contributed by atoms with Crippen molar-refractivity contribution in [3.05, 3.63) is 29.3 Å². The number of urea groups is 1. The van der Waals surface area contributed by atoms with Crippen molar-refractivity contribution >= 4 is 11.7 Å². The molecule has 1 aromatic carbocycles. The molecule has 0 aromatic heterocycles. The van der Waals surface area contributed by atoms with Gasteiger partial charge in [0.05, 0.1) is 6.10 Å². The summed E-state index contributed by atoms with van der Waals surface area (Å²) in [6, 6.07) is 6.47. The molecule has 5 nitrogen and oxygen atoms in total. The zero-order valence-corrected chi connectivity index (χ0v) is 14.2. The van der Waals surface area contributed by atoms with Gasteiger partial charge in [0.15, 0.2) is 0 Å². The van der Waals surface area contributed by atoms with Crippen LogP contribution in [0.5, 0.6) is 0 Å². The van der Waals surface area contributed by atoms with E-state index in [4.69, 9.17) is 4.74 Å². The molecular weight excluding hydrogens is 290 g/mol. The Morgan fingerprint density at radius 2 is 2.04 bits per heavy atom. The van der Waals surface area contributed by atoms with Gasteiger partial charge in [-0.2, -0.15) is 0 Å². The normalized spacial score (nSPS) is 21.6. The second-order valence-electron chi connectivity index (χ2n) is 6.51. The number of hydrogen-bond donors (Lipinski definition) is 1.